The fourth-order valence-corrected chi connectivity index (χ4v) is 0.736. The molecule has 0 aliphatic carbocycles. The van der Waals surface area contributed by atoms with Gasteiger partial charge in [0, 0.05) is 0 Å². The molecular weight excluding hydrogens is 156 g/mol. The Morgan fingerprint density at radius 1 is 1.50 bits per heavy atom. The van der Waals surface area contributed by atoms with Crippen LogP contribution < -0.4 is 0 Å². The topological polar surface area (TPSA) is 43.4 Å². The molecule has 0 saturated carbocycles. The summed E-state index contributed by atoms with van der Waals surface area (Å²) in [6, 6.07) is 0. The van der Waals surface area contributed by atoms with Crippen molar-refractivity contribution in [2.75, 3.05) is 7.11 Å². The molecule has 0 heterocycles. The fourth-order valence-electron chi connectivity index (χ4n) is 0.736. The van der Waals surface area contributed by atoms with Gasteiger partial charge in [-0.05, 0) is 19.4 Å². The van der Waals surface area contributed by atoms with Gasteiger partial charge in [0.25, 0.3) is 0 Å². The average molecular weight is 170 g/mol. The van der Waals surface area contributed by atoms with Gasteiger partial charge in [0.1, 0.15) is 0 Å². The summed E-state index contributed by atoms with van der Waals surface area (Å²) in [6.07, 6.45) is 3.69. The second kappa shape index (κ2) is 5.52. The number of rotatable bonds is 4. The molecule has 0 saturated heterocycles. The smallest absolute Gasteiger partial charge is 0.308 e. The first-order valence-electron chi connectivity index (χ1n) is 3.83. The van der Waals surface area contributed by atoms with Gasteiger partial charge in [-0.2, -0.15) is 0 Å². The van der Waals surface area contributed by atoms with E-state index >= 15 is 0 Å². The fraction of sp³-hybridized carbons (Fsp3) is 0.556. The summed E-state index contributed by atoms with van der Waals surface area (Å²) >= 11 is 0. The van der Waals surface area contributed by atoms with Crippen LogP contribution in [0.3, 0.4) is 0 Å². The summed E-state index contributed by atoms with van der Waals surface area (Å²) < 4.78 is 4.51. The summed E-state index contributed by atoms with van der Waals surface area (Å²) in [5, 5.41) is 0. The predicted molar refractivity (Wildman–Crippen MR) is 45.6 cm³/mol. The Hall–Kier alpha value is -1.12. The van der Waals surface area contributed by atoms with E-state index < -0.39 is 0 Å². The Morgan fingerprint density at radius 2 is 2.08 bits per heavy atom. The van der Waals surface area contributed by atoms with Crippen molar-refractivity contribution in [3.05, 3.63) is 12.2 Å². The van der Waals surface area contributed by atoms with Gasteiger partial charge in [0.2, 0.25) is 0 Å². The van der Waals surface area contributed by atoms with E-state index in [2.05, 4.69) is 4.74 Å². The maximum absolute atomic E-state index is 10.8. The van der Waals surface area contributed by atoms with Crippen molar-refractivity contribution >= 4 is 11.8 Å². The molecule has 3 heteroatoms. The molecule has 0 aliphatic heterocycles. The highest BCUT2D eigenvalue weighted by atomic mass is 16.5. The minimum absolute atomic E-state index is 0.00735. The predicted octanol–water partition coefficient (Wildman–Crippen LogP) is 1.33. The number of methoxy groups -OCH3 is 1. The summed E-state index contributed by atoms with van der Waals surface area (Å²) in [6.45, 7) is 3.23. The Labute approximate surface area is 72.4 Å². The molecule has 0 aromatic rings. The summed E-state index contributed by atoms with van der Waals surface area (Å²) in [5.74, 6) is -0.430. The van der Waals surface area contributed by atoms with Crippen molar-refractivity contribution in [2.45, 2.75) is 20.3 Å². The zero-order valence-corrected chi connectivity index (χ0v) is 7.66. The van der Waals surface area contributed by atoms with Gasteiger partial charge in [-0.1, -0.05) is 13.0 Å². The van der Waals surface area contributed by atoms with Crippen molar-refractivity contribution < 1.29 is 14.3 Å². The summed E-state index contributed by atoms with van der Waals surface area (Å²) in [4.78, 5) is 21.3. The lowest BCUT2D eigenvalue weighted by Gasteiger charge is -2.04. The van der Waals surface area contributed by atoms with Crippen molar-refractivity contribution in [3.8, 4) is 0 Å². The van der Waals surface area contributed by atoms with Crippen molar-refractivity contribution in [3.63, 3.8) is 0 Å². The normalized spacial score (nSPS) is 12.9. The molecular formula is C9H14O3. The van der Waals surface area contributed by atoms with Crippen LogP contribution in [-0.4, -0.2) is 18.9 Å². The molecule has 0 unspecified atom stereocenters. The van der Waals surface area contributed by atoms with Gasteiger partial charge in [0.15, 0.2) is 5.78 Å². The first-order chi connectivity index (χ1) is 5.57. The van der Waals surface area contributed by atoms with E-state index in [-0.39, 0.29) is 17.7 Å². The number of carbonyl (C=O) groups is 2. The van der Waals surface area contributed by atoms with E-state index in [1.807, 2.05) is 0 Å². The number of esters is 1. The lowest BCUT2D eigenvalue weighted by atomic mass is 10.1. The Balaban J connectivity index is 3.78. The van der Waals surface area contributed by atoms with Crippen LogP contribution in [0.25, 0.3) is 0 Å². The molecule has 3 nitrogen and oxygen atoms in total. The first kappa shape index (κ1) is 10.9. The Morgan fingerprint density at radius 3 is 2.50 bits per heavy atom. The summed E-state index contributed by atoms with van der Waals surface area (Å²) in [5.41, 5.74) is 0. The van der Waals surface area contributed by atoms with Crippen LogP contribution in [0, 0.1) is 5.92 Å². The zero-order chi connectivity index (χ0) is 9.56. The number of ether oxygens (including phenoxy) is 1. The average Bonchev–Trinajstić information content (AvgIpc) is 2.02. The van der Waals surface area contributed by atoms with Crippen LogP contribution >= 0.6 is 0 Å². The van der Waals surface area contributed by atoms with Gasteiger partial charge < -0.3 is 4.74 Å². The third-order valence-electron chi connectivity index (χ3n) is 1.45. The van der Waals surface area contributed by atoms with Crippen LogP contribution in [0.2, 0.25) is 0 Å². The van der Waals surface area contributed by atoms with Gasteiger partial charge in [-0.3, -0.25) is 9.59 Å². The Bertz CT molecular complexity index is 194. The highest BCUT2D eigenvalue weighted by Crippen LogP contribution is 2.04. The van der Waals surface area contributed by atoms with Gasteiger partial charge in [0.05, 0.1) is 13.0 Å². The minimum atomic E-state index is -0.247. The van der Waals surface area contributed by atoms with Crippen LogP contribution in [0.5, 0.6) is 0 Å². The van der Waals surface area contributed by atoms with Gasteiger partial charge in [-0.25, -0.2) is 0 Å². The molecule has 0 aromatic carbocycles. The molecule has 0 rings (SSSR count). The molecule has 12 heavy (non-hydrogen) atoms. The first-order valence-corrected chi connectivity index (χ1v) is 3.83. The van der Waals surface area contributed by atoms with E-state index in [0.717, 1.165) is 0 Å². The van der Waals surface area contributed by atoms with Crippen molar-refractivity contribution in [1.29, 1.82) is 0 Å². The van der Waals surface area contributed by atoms with Crippen molar-refractivity contribution in [2.24, 2.45) is 5.92 Å². The standard InChI is InChI=1S/C9H14O3/c1-7(9(11)12-3)5-4-6-8(2)10/h4,6-7H,5H2,1-3H3/b6-4+/t7-/m0/s1. The molecule has 1 atom stereocenters. The summed E-state index contributed by atoms with van der Waals surface area (Å²) in [7, 11) is 1.35. The monoisotopic (exact) mass is 170 g/mol. The zero-order valence-electron chi connectivity index (χ0n) is 7.66. The molecule has 0 N–H and O–H groups in total. The van der Waals surface area contributed by atoms with E-state index in [1.165, 1.54) is 20.1 Å². The molecule has 0 radical (unpaired) electrons. The van der Waals surface area contributed by atoms with Gasteiger partial charge in [-0.15, -0.1) is 0 Å². The van der Waals surface area contributed by atoms with Gasteiger partial charge >= 0.3 is 5.97 Å². The lowest BCUT2D eigenvalue weighted by molar-refractivity contribution is -0.144. The molecule has 0 aromatic heterocycles. The lowest BCUT2D eigenvalue weighted by Crippen LogP contribution is -2.11. The third kappa shape index (κ3) is 4.66. The second-order valence-electron chi connectivity index (χ2n) is 2.67. The van der Waals surface area contributed by atoms with Crippen LogP contribution in [0.1, 0.15) is 20.3 Å². The van der Waals surface area contributed by atoms with Crippen LogP contribution in [-0.2, 0) is 14.3 Å². The molecule has 0 fully saturated rings. The van der Waals surface area contributed by atoms with E-state index in [0.29, 0.717) is 6.42 Å². The highest BCUT2D eigenvalue weighted by Gasteiger charge is 2.10. The maximum atomic E-state index is 10.8. The number of hydrogen-bond donors (Lipinski definition) is 0. The van der Waals surface area contributed by atoms with Crippen LogP contribution in [0.15, 0.2) is 12.2 Å². The molecule has 0 amide bonds. The van der Waals surface area contributed by atoms with Crippen molar-refractivity contribution in [1.82, 2.24) is 0 Å². The molecule has 0 bridgehead atoms. The highest BCUT2D eigenvalue weighted by molar-refractivity contribution is 5.87. The van der Waals surface area contributed by atoms with E-state index in [9.17, 15) is 9.59 Å². The Kier molecular flexibility index (Phi) is 5.00. The SMILES string of the molecule is COC(=O)[C@@H](C)C/C=C/C(C)=O. The second-order valence-corrected chi connectivity index (χ2v) is 2.67. The third-order valence-corrected chi connectivity index (χ3v) is 1.45. The molecule has 0 aliphatic rings. The maximum Gasteiger partial charge on any atom is 0.308 e. The number of hydrogen-bond acceptors (Lipinski definition) is 3. The minimum Gasteiger partial charge on any atom is -0.469 e. The quantitative estimate of drug-likeness (QED) is 0.472. The van der Waals surface area contributed by atoms with Crippen LogP contribution in [0.4, 0.5) is 0 Å². The largest absolute Gasteiger partial charge is 0.469 e. The molecule has 68 valence electrons. The number of allylic oxidation sites excluding steroid dienone is 2. The number of carbonyl (C=O) groups excluding carboxylic acids is 2. The number of ketones is 1. The van der Waals surface area contributed by atoms with E-state index in [4.69, 9.17) is 0 Å². The van der Waals surface area contributed by atoms with E-state index in [1.54, 1.807) is 13.0 Å². The molecule has 0 spiro atoms.